The van der Waals surface area contributed by atoms with E-state index < -0.39 is 0 Å². The molecule has 0 atom stereocenters. The fraction of sp³-hybridized carbons (Fsp3) is 0.118. The van der Waals surface area contributed by atoms with E-state index in [0.29, 0.717) is 6.61 Å². The normalized spacial score (nSPS) is 11.2. The molecule has 0 N–H and O–H groups in total. The molecule has 4 heteroatoms. The number of benzene rings is 2. The van der Waals surface area contributed by atoms with Gasteiger partial charge in [-0.3, -0.25) is 0 Å². The van der Waals surface area contributed by atoms with E-state index >= 15 is 0 Å². The summed E-state index contributed by atoms with van der Waals surface area (Å²) < 4.78 is 8.44. The number of carbonyl (C=O) groups excluding carboxylic acids is 1. The molecule has 0 aliphatic heterocycles. The van der Waals surface area contributed by atoms with Crippen molar-refractivity contribution in [3.05, 3.63) is 70.1 Å². The van der Waals surface area contributed by atoms with Crippen LogP contribution in [0, 0.1) is 0 Å². The zero-order valence-corrected chi connectivity index (χ0v) is 15.1. The third kappa shape index (κ3) is 5.53. The minimum atomic E-state index is -0.181. The van der Waals surface area contributed by atoms with Crippen molar-refractivity contribution >= 4 is 44.8 Å². The maximum absolute atomic E-state index is 12.1. The van der Waals surface area contributed by atoms with Crippen molar-refractivity contribution in [2.75, 3.05) is 6.61 Å². The molecule has 0 spiro atoms. The SMILES string of the molecule is CCOC(=O)/C(=C/[Se]c1ccccc1)[Se]c1ccccc1. The molecule has 0 radical (unpaired) electrons. The Bertz CT molecular complexity index is 595. The van der Waals surface area contributed by atoms with Gasteiger partial charge in [-0.2, -0.15) is 0 Å². The van der Waals surface area contributed by atoms with Gasteiger partial charge in [-0.25, -0.2) is 0 Å². The second-order valence-corrected chi connectivity index (χ2v) is 8.37. The predicted octanol–water partition coefficient (Wildman–Crippen LogP) is 1.45. The summed E-state index contributed by atoms with van der Waals surface area (Å²) in [6, 6.07) is 20.3. The van der Waals surface area contributed by atoms with Crippen molar-refractivity contribution in [1.82, 2.24) is 0 Å². The monoisotopic (exact) mass is 412 g/mol. The van der Waals surface area contributed by atoms with Crippen LogP contribution in [0.5, 0.6) is 0 Å². The van der Waals surface area contributed by atoms with Gasteiger partial charge in [0.05, 0.1) is 0 Å². The van der Waals surface area contributed by atoms with Crippen LogP contribution in [0.1, 0.15) is 6.92 Å². The van der Waals surface area contributed by atoms with E-state index in [-0.39, 0.29) is 35.9 Å². The van der Waals surface area contributed by atoms with Crippen LogP contribution >= 0.6 is 0 Å². The Kier molecular flexibility index (Phi) is 6.78. The standard InChI is InChI=1S/C17H16O2Se2/c1-2-19-17(18)16(21-15-11-7-4-8-12-15)13-20-14-9-5-3-6-10-14/h3-13H,2H2,1H3/b16-13-. The Labute approximate surface area is 137 Å². The average Bonchev–Trinajstić information content (AvgIpc) is 2.53. The molecule has 2 aromatic carbocycles. The predicted molar refractivity (Wildman–Crippen MR) is 88.4 cm³/mol. The Morgan fingerprint density at radius 1 is 1.00 bits per heavy atom. The third-order valence-corrected chi connectivity index (χ3v) is 7.26. The second-order valence-electron chi connectivity index (χ2n) is 4.05. The summed E-state index contributed by atoms with van der Waals surface area (Å²) in [7, 11) is 0. The first-order chi connectivity index (χ1) is 10.3. The van der Waals surface area contributed by atoms with Gasteiger partial charge in [0.2, 0.25) is 0 Å². The van der Waals surface area contributed by atoms with Gasteiger partial charge in [-0.05, 0) is 0 Å². The molecule has 0 saturated carbocycles. The van der Waals surface area contributed by atoms with E-state index in [1.54, 1.807) is 0 Å². The number of rotatable bonds is 6. The number of hydrogen-bond acceptors (Lipinski definition) is 2. The molecule has 108 valence electrons. The van der Waals surface area contributed by atoms with Crippen molar-refractivity contribution in [3.63, 3.8) is 0 Å². The Hall–Kier alpha value is -1.31. The number of esters is 1. The van der Waals surface area contributed by atoms with Gasteiger partial charge in [0.25, 0.3) is 0 Å². The molecule has 21 heavy (non-hydrogen) atoms. The summed E-state index contributed by atoms with van der Waals surface area (Å²) in [4.78, 5) is 14.2. The average molecular weight is 410 g/mol. The van der Waals surface area contributed by atoms with E-state index in [1.165, 1.54) is 8.92 Å². The number of ether oxygens (including phenoxy) is 1. The summed E-state index contributed by atoms with van der Waals surface area (Å²) in [5.41, 5.74) is 0. The van der Waals surface area contributed by atoms with Crippen LogP contribution in [0.3, 0.4) is 0 Å². The summed E-state index contributed by atoms with van der Waals surface area (Å²) in [6.07, 6.45) is 0. The summed E-state index contributed by atoms with van der Waals surface area (Å²) >= 11 is 0.143. The van der Waals surface area contributed by atoms with Gasteiger partial charge in [0.15, 0.2) is 0 Å². The van der Waals surface area contributed by atoms with Gasteiger partial charge < -0.3 is 0 Å². The first-order valence-electron chi connectivity index (χ1n) is 6.61. The Balaban J connectivity index is 2.13. The van der Waals surface area contributed by atoms with Crippen molar-refractivity contribution in [3.8, 4) is 0 Å². The van der Waals surface area contributed by atoms with Crippen LogP contribution in [-0.2, 0) is 9.53 Å². The van der Waals surface area contributed by atoms with Crippen molar-refractivity contribution in [1.29, 1.82) is 0 Å². The first-order valence-corrected chi connectivity index (χ1v) is 10.2. The van der Waals surface area contributed by atoms with Crippen LogP contribution in [0.25, 0.3) is 0 Å². The zero-order valence-electron chi connectivity index (χ0n) is 11.7. The summed E-state index contributed by atoms with van der Waals surface area (Å²) in [5, 5.41) is 0. The van der Waals surface area contributed by atoms with Crippen LogP contribution in [-0.4, -0.2) is 42.5 Å². The van der Waals surface area contributed by atoms with E-state index in [4.69, 9.17) is 4.74 Å². The van der Waals surface area contributed by atoms with Crippen LogP contribution in [0.15, 0.2) is 70.1 Å². The summed E-state index contributed by atoms with van der Waals surface area (Å²) in [6.45, 7) is 2.26. The van der Waals surface area contributed by atoms with Gasteiger partial charge in [0.1, 0.15) is 0 Å². The molecule has 2 nitrogen and oxygen atoms in total. The fourth-order valence-electron chi connectivity index (χ4n) is 1.55. The Morgan fingerprint density at radius 2 is 1.57 bits per heavy atom. The molecular formula is C17H16O2Se2. The fourth-order valence-corrected chi connectivity index (χ4v) is 5.52. The molecule has 0 amide bonds. The third-order valence-electron chi connectivity index (χ3n) is 2.49. The van der Waals surface area contributed by atoms with Crippen molar-refractivity contribution in [2.24, 2.45) is 0 Å². The van der Waals surface area contributed by atoms with Crippen molar-refractivity contribution < 1.29 is 9.53 Å². The molecule has 0 saturated heterocycles. The van der Waals surface area contributed by atoms with Crippen LogP contribution in [0.4, 0.5) is 0 Å². The van der Waals surface area contributed by atoms with Gasteiger partial charge >= 0.3 is 138 Å². The first kappa shape index (κ1) is 16.1. The van der Waals surface area contributed by atoms with Crippen molar-refractivity contribution in [2.45, 2.75) is 6.92 Å². The quantitative estimate of drug-likeness (QED) is 0.410. The van der Waals surface area contributed by atoms with Crippen LogP contribution in [0.2, 0.25) is 0 Å². The van der Waals surface area contributed by atoms with Gasteiger partial charge in [-0.1, -0.05) is 0 Å². The molecular weight excluding hydrogens is 394 g/mol. The molecule has 2 rings (SSSR count). The number of carbonyl (C=O) groups is 1. The van der Waals surface area contributed by atoms with E-state index in [0.717, 1.165) is 4.47 Å². The summed E-state index contributed by atoms with van der Waals surface area (Å²) in [5.74, 6) is -0.181. The zero-order chi connectivity index (χ0) is 14.9. The molecule has 0 fully saturated rings. The molecule has 0 aromatic heterocycles. The maximum atomic E-state index is 12.1. The molecule has 0 aliphatic rings. The molecule has 0 bridgehead atoms. The molecule has 0 heterocycles. The Morgan fingerprint density at radius 3 is 2.14 bits per heavy atom. The molecule has 2 aromatic rings. The topological polar surface area (TPSA) is 26.3 Å². The van der Waals surface area contributed by atoms with Gasteiger partial charge in [-0.15, -0.1) is 0 Å². The molecule has 0 aliphatic carbocycles. The van der Waals surface area contributed by atoms with Crippen LogP contribution < -0.4 is 8.92 Å². The van der Waals surface area contributed by atoms with E-state index in [1.807, 2.05) is 43.3 Å². The number of hydrogen-bond donors (Lipinski definition) is 0. The van der Waals surface area contributed by atoms with E-state index in [2.05, 4.69) is 29.2 Å². The molecule has 0 unspecified atom stereocenters. The second kappa shape index (κ2) is 8.86. The van der Waals surface area contributed by atoms with E-state index in [9.17, 15) is 4.79 Å². The van der Waals surface area contributed by atoms with Gasteiger partial charge in [0, 0.05) is 0 Å². The minimum absolute atomic E-state index is 0.00988.